The predicted octanol–water partition coefficient (Wildman–Crippen LogP) is 7.28. The number of phenols is 1. The van der Waals surface area contributed by atoms with Crippen LogP contribution in [-0.2, 0) is 0 Å². The van der Waals surface area contributed by atoms with E-state index >= 15 is 0 Å². The van der Waals surface area contributed by atoms with E-state index in [1.807, 2.05) is 6.07 Å². The Hall–Kier alpha value is -1.44. The first-order chi connectivity index (χ1) is 12.4. The standard InChI is InChI=1S/C24H36O2/c1-6-7-8-9-16(3)17(4)19-13-21(25)24-18(5)20-11-10-15(2)12-22(20)26-23(24)14-19/h13-18,25H,6-12H2,1-5H3. The number of hydrogen-bond acceptors (Lipinski definition) is 2. The number of hydrogen-bond donors (Lipinski definition) is 1. The van der Waals surface area contributed by atoms with Gasteiger partial charge in [0.1, 0.15) is 17.3 Å². The summed E-state index contributed by atoms with van der Waals surface area (Å²) in [5.74, 6) is 4.50. The Bertz CT molecular complexity index is 673. The average Bonchev–Trinajstić information content (AvgIpc) is 2.60. The molecule has 0 saturated heterocycles. The van der Waals surface area contributed by atoms with Crippen LogP contribution in [0.3, 0.4) is 0 Å². The minimum atomic E-state index is 0.271. The molecule has 1 N–H and O–H groups in total. The van der Waals surface area contributed by atoms with E-state index in [4.69, 9.17) is 4.74 Å². The van der Waals surface area contributed by atoms with Gasteiger partial charge in [-0.15, -0.1) is 0 Å². The van der Waals surface area contributed by atoms with Crippen LogP contribution in [0.2, 0.25) is 0 Å². The lowest BCUT2D eigenvalue weighted by Gasteiger charge is -2.34. The Morgan fingerprint density at radius 1 is 1.19 bits per heavy atom. The van der Waals surface area contributed by atoms with Gasteiger partial charge in [0.2, 0.25) is 0 Å². The van der Waals surface area contributed by atoms with Crippen molar-refractivity contribution in [3.63, 3.8) is 0 Å². The number of allylic oxidation sites excluding steroid dienone is 2. The van der Waals surface area contributed by atoms with Crippen molar-refractivity contribution in [2.24, 2.45) is 11.8 Å². The third kappa shape index (κ3) is 3.80. The molecule has 144 valence electrons. The molecule has 3 rings (SSSR count). The molecule has 1 aliphatic heterocycles. The first-order valence-corrected chi connectivity index (χ1v) is 10.7. The Kier molecular flexibility index (Phi) is 5.99. The molecule has 0 spiro atoms. The summed E-state index contributed by atoms with van der Waals surface area (Å²) >= 11 is 0. The molecule has 0 bridgehead atoms. The maximum atomic E-state index is 10.8. The van der Waals surface area contributed by atoms with Crippen LogP contribution in [-0.4, -0.2) is 5.11 Å². The van der Waals surface area contributed by atoms with Gasteiger partial charge in [-0.2, -0.15) is 0 Å². The summed E-state index contributed by atoms with van der Waals surface area (Å²) in [5, 5.41) is 10.8. The zero-order valence-electron chi connectivity index (χ0n) is 17.3. The van der Waals surface area contributed by atoms with E-state index in [0.717, 1.165) is 24.2 Å². The van der Waals surface area contributed by atoms with Crippen molar-refractivity contribution in [1.29, 1.82) is 0 Å². The van der Waals surface area contributed by atoms with E-state index < -0.39 is 0 Å². The highest BCUT2D eigenvalue weighted by atomic mass is 16.5. The van der Waals surface area contributed by atoms with E-state index in [1.54, 1.807) is 0 Å². The molecule has 4 atom stereocenters. The van der Waals surface area contributed by atoms with Crippen molar-refractivity contribution in [2.45, 2.75) is 91.4 Å². The van der Waals surface area contributed by atoms with Crippen molar-refractivity contribution in [3.05, 3.63) is 34.6 Å². The Balaban J connectivity index is 1.84. The molecule has 0 saturated carbocycles. The molecule has 0 amide bonds. The monoisotopic (exact) mass is 356 g/mol. The van der Waals surface area contributed by atoms with Crippen LogP contribution in [0.4, 0.5) is 0 Å². The molecule has 0 fully saturated rings. The summed E-state index contributed by atoms with van der Waals surface area (Å²) in [6.07, 6.45) is 8.48. The fourth-order valence-electron chi connectivity index (χ4n) is 4.67. The van der Waals surface area contributed by atoms with Gasteiger partial charge in [0, 0.05) is 17.9 Å². The van der Waals surface area contributed by atoms with Crippen LogP contribution in [0.1, 0.15) is 103 Å². The number of phenolic OH excluding ortho intramolecular Hbond substituents is 1. The lowest BCUT2D eigenvalue weighted by atomic mass is 9.78. The maximum absolute atomic E-state index is 10.8. The molecule has 0 radical (unpaired) electrons. The van der Waals surface area contributed by atoms with Crippen molar-refractivity contribution < 1.29 is 9.84 Å². The molecule has 26 heavy (non-hydrogen) atoms. The SMILES string of the molecule is CCCCCC(C)C(C)c1cc(O)c2c(c1)OC1=C(CCC(C)C1)C2C. The lowest BCUT2D eigenvalue weighted by molar-refractivity contribution is 0.307. The molecule has 1 aliphatic carbocycles. The molecule has 4 unspecified atom stereocenters. The summed E-state index contributed by atoms with van der Waals surface area (Å²) in [4.78, 5) is 0. The normalized spacial score (nSPS) is 24.5. The number of fused-ring (bicyclic) bond motifs is 1. The zero-order chi connectivity index (χ0) is 18.8. The highest BCUT2D eigenvalue weighted by Crippen LogP contribution is 2.50. The topological polar surface area (TPSA) is 29.5 Å². The van der Waals surface area contributed by atoms with Gasteiger partial charge in [0.05, 0.1) is 0 Å². The Morgan fingerprint density at radius 3 is 2.69 bits per heavy atom. The first-order valence-electron chi connectivity index (χ1n) is 10.7. The van der Waals surface area contributed by atoms with E-state index in [0.29, 0.717) is 23.5 Å². The summed E-state index contributed by atoms with van der Waals surface area (Å²) in [7, 11) is 0. The predicted molar refractivity (Wildman–Crippen MR) is 109 cm³/mol. The van der Waals surface area contributed by atoms with Gasteiger partial charge < -0.3 is 9.84 Å². The number of unbranched alkanes of at least 4 members (excludes halogenated alkanes) is 2. The third-order valence-corrected chi connectivity index (χ3v) is 6.77. The highest BCUT2D eigenvalue weighted by molar-refractivity contribution is 5.55. The number of aromatic hydroxyl groups is 1. The lowest BCUT2D eigenvalue weighted by Crippen LogP contribution is -2.20. The van der Waals surface area contributed by atoms with E-state index in [9.17, 15) is 5.11 Å². The largest absolute Gasteiger partial charge is 0.507 e. The second kappa shape index (κ2) is 8.06. The fourth-order valence-corrected chi connectivity index (χ4v) is 4.67. The Labute approximate surface area is 159 Å². The molecule has 1 aromatic rings. The minimum Gasteiger partial charge on any atom is -0.507 e. The molecule has 1 heterocycles. The van der Waals surface area contributed by atoms with E-state index in [2.05, 4.69) is 40.7 Å². The number of ether oxygens (including phenoxy) is 1. The summed E-state index contributed by atoms with van der Waals surface area (Å²) < 4.78 is 6.35. The van der Waals surface area contributed by atoms with Crippen LogP contribution in [0.25, 0.3) is 0 Å². The fraction of sp³-hybridized carbons (Fsp3) is 0.667. The molecular weight excluding hydrogens is 320 g/mol. The number of benzene rings is 1. The van der Waals surface area contributed by atoms with Crippen LogP contribution in [0.5, 0.6) is 11.5 Å². The average molecular weight is 357 g/mol. The van der Waals surface area contributed by atoms with Crippen molar-refractivity contribution in [3.8, 4) is 11.5 Å². The van der Waals surface area contributed by atoms with Gasteiger partial charge in [0.25, 0.3) is 0 Å². The van der Waals surface area contributed by atoms with Crippen LogP contribution in [0.15, 0.2) is 23.5 Å². The summed E-state index contributed by atoms with van der Waals surface area (Å²) in [5.41, 5.74) is 3.61. The van der Waals surface area contributed by atoms with Crippen LogP contribution in [0, 0.1) is 11.8 Å². The van der Waals surface area contributed by atoms with Gasteiger partial charge in [-0.3, -0.25) is 0 Å². The van der Waals surface area contributed by atoms with Crippen molar-refractivity contribution in [2.75, 3.05) is 0 Å². The van der Waals surface area contributed by atoms with Crippen molar-refractivity contribution >= 4 is 0 Å². The van der Waals surface area contributed by atoms with E-state index in [1.165, 1.54) is 49.0 Å². The van der Waals surface area contributed by atoms with Crippen LogP contribution < -0.4 is 4.74 Å². The van der Waals surface area contributed by atoms with Gasteiger partial charge >= 0.3 is 0 Å². The molecule has 0 aromatic heterocycles. The molecule has 1 aromatic carbocycles. The Morgan fingerprint density at radius 2 is 1.96 bits per heavy atom. The third-order valence-electron chi connectivity index (χ3n) is 6.77. The van der Waals surface area contributed by atoms with E-state index in [-0.39, 0.29) is 5.92 Å². The molecular formula is C24H36O2. The molecule has 2 aliphatic rings. The van der Waals surface area contributed by atoms with Gasteiger partial charge in [-0.1, -0.05) is 60.3 Å². The van der Waals surface area contributed by atoms with Crippen molar-refractivity contribution in [1.82, 2.24) is 0 Å². The van der Waals surface area contributed by atoms with Crippen LogP contribution >= 0.6 is 0 Å². The molecule has 2 heteroatoms. The quantitative estimate of drug-likeness (QED) is 0.542. The summed E-state index contributed by atoms with van der Waals surface area (Å²) in [6, 6.07) is 4.20. The van der Waals surface area contributed by atoms with Gasteiger partial charge in [-0.05, 0) is 53.9 Å². The minimum absolute atomic E-state index is 0.271. The summed E-state index contributed by atoms with van der Waals surface area (Å²) in [6.45, 7) is 11.4. The second-order valence-electron chi connectivity index (χ2n) is 8.83. The zero-order valence-corrected chi connectivity index (χ0v) is 17.3. The molecule has 2 nitrogen and oxygen atoms in total. The van der Waals surface area contributed by atoms with Gasteiger partial charge in [0.15, 0.2) is 0 Å². The first kappa shape index (κ1) is 19.3. The number of rotatable bonds is 6. The maximum Gasteiger partial charge on any atom is 0.134 e. The smallest absolute Gasteiger partial charge is 0.134 e. The second-order valence-corrected chi connectivity index (χ2v) is 8.83. The highest BCUT2D eigenvalue weighted by Gasteiger charge is 2.33. The van der Waals surface area contributed by atoms with Gasteiger partial charge in [-0.25, -0.2) is 0 Å².